The Labute approximate surface area is 380 Å². The number of carbonyl (C=O) groups is 3. The van der Waals surface area contributed by atoms with Gasteiger partial charge in [0.05, 0.1) is 37.6 Å². The van der Waals surface area contributed by atoms with Gasteiger partial charge in [0.2, 0.25) is 6.79 Å². The molecular weight excluding hydrogens is 853 g/mol. The van der Waals surface area contributed by atoms with Crippen molar-refractivity contribution in [1.29, 1.82) is 5.26 Å². The van der Waals surface area contributed by atoms with Gasteiger partial charge in [-0.3, -0.25) is 24.7 Å². The number of phenolic OH excluding ortho intramolecular Hbond substituents is 1. The van der Waals surface area contributed by atoms with Crippen LogP contribution in [0.4, 0.5) is 0 Å². The number of nitrogens with zero attached hydrogens (tertiary/aromatic N) is 3. The number of hydrogen-bond donors (Lipinski definition) is 2. The topological polar surface area (TPSA) is 178 Å². The largest absolute Gasteiger partial charge is 0.504 e. The quantitative estimate of drug-likeness (QED) is 0.167. The van der Waals surface area contributed by atoms with Crippen LogP contribution in [-0.4, -0.2) is 97.9 Å². The summed E-state index contributed by atoms with van der Waals surface area (Å²) in [6.45, 7) is 5.19. The Kier molecular flexibility index (Phi) is 10.9. The van der Waals surface area contributed by atoms with Crippen LogP contribution in [-0.2, 0) is 43.9 Å². The van der Waals surface area contributed by atoms with Crippen LogP contribution >= 0.6 is 11.8 Å². The molecule has 1 spiro atoms. The van der Waals surface area contributed by atoms with Crippen LogP contribution in [0.5, 0.6) is 40.2 Å². The number of fused-ring (bicyclic) bond motifs is 9. The maximum atomic E-state index is 15.1. The van der Waals surface area contributed by atoms with Crippen LogP contribution in [0.1, 0.15) is 80.7 Å². The van der Waals surface area contributed by atoms with Gasteiger partial charge < -0.3 is 38.3 Å². The van der Waals surface area contributed by atoms with E-state index in [0.717, 1.165) is 22.3 Å². The second-order valence-corrected chi connectivity index (χ2v) is 18.7. The number of nitrogens with one attached hydrogen (secondary N) is 1. The van der Waals surface area contributed by atoms with Crippen molar-refractivity contribution in [3.05, 3.63) is 98.6 Å². The summed E-state index contributed by atoms with van der Waals surface area (Å²) in [5.41, 5.74) is 5.26. The monoisotopic (exact) mass is 902 g/mol. The average Bonchev–Trinajstić information content (AvgIpc) is 3.79. The molecule has 11 rings (SSSR count). The fraction of sp³-hybridized carbons (Fsp3) is 0.429. The minimum atomic E-state index is -1.43. The number of phenols is 1. The van der Waals surface area contributed by atoms with E-state index in [2.05, 4.69) is 21.2 Å². The molecule has 7 aliphatic heterocycles. The second kappa shape index (κ2) is 16.5. The minimum absolute atomic E-state index is 0.0304. The number of likely N-dealkylation sites (N-methyl/N-ethyl adjacent to an activating group) is 1. The molecule has 15 nitrogen and oxygen atoms in total. The van der Waals surface area contributed by atoms with Crippen LogP contribution in [0.2, 0.25) is 0 Å². The van der Waals surface area contributed by atoms with E-state index in [-0.39, 0.29) is 48.9 Å². The number of aromatic hydroxyl groups is 1. The van der Waals surface area contributed by atoms with Gasteiger partial charge in [0.15, 0.2) is 40.0 Å². The van der Waals surface area contributed by atoms with Gasteiger partial charge in [-0.1, -0.05) is 36.4 Å². The number of hydrogen-bond acceptors (Lipinski definition) is 16. The molecular formula is C49H50N4O11S. The standard InChI is InChI=1S/C49H50N4O11S/c1-24-16-29-17-31-32(20-50)53-33-21-60-48(57)49(30-19-34(58-5)35(18-28(30)14-15-51-49)64-36(55)13-12-27-10-8-7-9-11-27)22-65-47(41(53)40(52(31)4)37(29)42(56)43(24)59-6)39-38(33)46-45(61-23-62-46)25(2)44(39)63-26(3)54/h7-11,16,18-19,31-33,40-41,47,51,56H,12-15,17,21-23H2,1-6H3/t31-,32+,33-,40-,41?,47-,49-/m1/s1. The summed E-state index contributed by atoms with van der Waals surface area (Å²) in [7, 11) is 5.01. The number of carbonyl (C=O) groups excluding carboxylic acids is 3. The third kappa shape index (κ3) is 6.68. The van der Waals surface area contributed by atoms with Crippen molar-refractivity contribution in [1.82, 2.24) is 15.1 Å². The number of aryl methyl sites for hydroxylation is 2. The first-order chi connectivity index (χ1) is 31.4. The summed E-state index contributed by atoms with van der Waals surface area (Å²) < 4.78 is 42.7. The lowest BCUT2D eigenvalue weighted by molar-refractivity contribution is -0.157. The number of nitriles is 1. The van der Waals surface area contributed by atoms with Crippen LogP contribution in [0.3, 0.4) is 0 Å². The maximum Gasteiger partial charge on any atom is 0.331 e. The zero-order valence-corrected chi connectivity index (χ0v) is 37.8. The highest BCUT2D eigenvalue weighted by Crippen LogP contribution is 2.64. The molecule has 2 saturated heterocycles. The molecule has 16 heteroatoms. The van der Waals surface area contributed by atoms with Gasteiger partial charge in [0.1, 0.15) is 18.4 Å². The molecule has 0 saturated carbocycles. The maximum absolute atomic E-state index is 15.1. The van der Waals surface area contributed by atoms with Crippen LogP contribution in [0.25, 0.3) is 0 Å². The molecule has 7 atom stereocenters. The molecule has 65 heavy (non-hydrogen) atoms. The summed E-state index contributed by atoms with van der Waals surface area (Å²) in [5, 5.41) is 26.4. The van der Waals surface area contributed by atoms with Gasteiger partial charge in [-0.25, -0.2) is 4.79 Å². The van der Waals surface area contributed by atoms with E-state index in [1.807, 2.05) is 57.3 Å². The molecule has 1 unspecified atom stereocenters. The predicted molar refractivity (Wildman–Crippen MR) is 237 cm³/mol. The van der Waals surface area contributed by atoms with Gasteiger partial charge in [-0.2, -0.15) is 5.26 Å². The zero-order valence-electron chi connectivity index (χ0n) is 37.0. The molecule has 2 fully saturated rings. The van der Waals surface area contributed by atoms with E-state index in [1.54, 1.807) is 12.1 Å². The van der Waals surface area contributed by atoms with E-state index < -0.39 is 52.9 Å². The van der Waals surface area contributed by atoms with E-state index in [0.29, 0.717) is 76.6 Å². The molecule has 0 amide bonds. The number of benzene rings is 4. The fourth-order valence-electron chi connectivity index (χ4n) is 11.3. The summed E-state index contributed by atoms with van der Waals surface area (Å²) in [4.78, 5) is 45.8. The third-order valence-corrected chi connectivity index (χ3v) is 15.6. The molecule has 2 N–H and O–H groups in total. The van der Waals surface area contributed by atoms with Crippen molar-refractivity contribution in [2.75, 3.05) is 47.0 Å². The Bertz CT molecular complexity index is 2690. The Morgan fingerprint density at radius 2 is 1.77 bits per heavy atom. The van der Waals surface area contributed by atoms with Crippen molar-refractivity contribution >= 4 is 29.7 Å². The SMILES string of the molecule is COc1cc2c(cc1OC(=O)CCc1ccccc1)CCN[C@]21CS[C@@H]2c3c(OC(C)=O)c(C)c4c(c3[C@@H](COC1=O)N1C2[C@H]2c3c(cc(C)c(OC)c3O)C[C@H]([C@@H]1C#N)N2C)OCO4. The van der Waals surface area contributed by atoms with Gasteiger partial charge in [0, 0.05) is 60.0 Å². The molecule has 4 aromatic carbocycles. The molecule has 0 radical (unpaired) electrons. The molecule has 0 aromatic heterocycles. The number of ether oxygens (including phenoxy) is 7. The van der Waals surface area contributed by atoms with Crippen molar-refractivity contribution in [2.45, 2.75) is 87.5 Å². The molecule has 7 heterocycles. The number of piperazine rings is 1. The first-order valence-corrected chi connectivity index (χ1v) is 22.9. The number of esters is 3. The number of methoxy groups -OCH3 is 2. The van der Waals surface area contributed by atoms with Crippen LogP contribution in [0.15, 0.2) is 48.5 Å². The lowest BCUT2D eigenvalue weighted by Gasteiger charge is -2.62. The predicted octanol–water partition coefficient (Wildman–Crippen LogP) is 5.82. The fourth-order valence-corrected chi connectivity index (χ4v) is 13.0. The van der Waals surface area contributed by atoms with E-state index >= 15 is 4.79 Å². The van der Waals surface area contributed by atoms with E-state index in [4.69, 9.17) is 33.2 Å². The van der Waals surface area contributed by atoms with Crippen molar-refractivity contribution in [3.8, 4) is 46.3 Å². The minimum Gasteiger partial charge on any atom is -0.504 e. The normalized spacial score (nSPS) is 26.1. The first kappa shape index (κ1) is 42.9. The smallest absolute Gasteiger partial charge is 0.331 e. The Morgan fingerprint density at radius 3 is 2.51 bits per heavy atom. The highest BCUT2D eigenvalue weighted by molar-refractivity contribution is 7.99. The summed E-state index contributed by atoms with van der Waals surface area (Å²) in [6, 6.07) is 15.1. The van der Waals surface area contributed by atoms with Gasteiger partial charge in [-0.05, 0) is 80.1 Å². The van der Waals surface area contributed by atoms with Crippen molar-refractivity contribution < 1.29 is 52.6 Å². The van der Waals surface area contributed by atoms with Gasteiger partial charge >= 0.3 is 17.9 Å². The van der Waals surface area contributed by atoms with Gasteiger partial charge in [0.25, 0.3) is 0 Å². The Hall–Kier alpha value is -5.99. The molecule has 4 aromatic rings. The molecule has 0 aliphatic carbocycles. The Morgan fingerprint density at radius 1 is 0.985 bits per heavy atom. The van der Waals surface area contributed by atoms with Crippen LogP contribution < -0.4 is 33.7 Å². The van der Waals surface area contributed by atoms with Crippen LogP contribution in [0, 0.1) is 25.2 Å². The third-order valence-electron chi connectivity index (χ3n) is 14.1. The number of thioether (sulfide) groups is 1. The van der Waals surface area contributed by atoms with Gasteiger partial charge in [-0.15, -0.1) is 11.8 Å². The van der Waals surface area contributed by atoms with E-state index in [1.165, 1.54) is 32.9 Å². The lowest BCUT2D eigenvalue weighted by Crippen LogP contribution is -2.69. The average molecular weight is 903 g/mol. The number of rotatable bonds is 7. The second-order valence-electron chi connectivity index (χ2n) is 17.5. The zero-order chi connectivity index (χ0) is 45.5. The van der Waals surface area contributed by atoms with Crippen molar-refractivity contribution in [2.24, 2.45) is 0 Å². The highest BCUT2D eigenvalue weighted by atomic mass is 32.2. The summed E-state index contributed by atoms with van der Waals surface area (Å²) in [6.07, 6.45) is 1.67. The Balaban J connectivity index is 1.14. The lowest BCUT2D eigenvalue weighted by atomic mass is 9.71. The van der Waals surface area contributed by atoms with E-state index in [9.17, 15) is 20.0 Å². The van der Waals surface area contributed by atoms with Crippen molar-refractivity contribution in [3.63, 3.8) is 0 Å². The molecule has 7 aliphatic rings. The highest BCUT2D eigenvalue weighted by Gasteiger charge is 2.62. The summed E-state index contributed by atoms with van der Waals surface area (Å²) >= 11 is 1.47. The first-order valence-electron chi connectivity index (χ1n) is 21.8. The summed E-state index contributed by atoms with van der Waals surface area (Å²) in [5.74, 6) is 0.758. The molecule has 4 bridgehead atoms. The molecule has 338 valence electrons.